The number of hydrogen-bond donors (Lipinski definition) is 1. The summed E-state index contributed by atoms with van der Waals surface area (Å²) >= 11 is 0.751. The Morgan fingerprint density at radius 3 is 2.36 bits per heavy atom. The minimum absolute atomic E-state index is 0.0237. The Hall–Kier alpha value is -3.87. The highest BCUT2D eigenvalue weighted by molar-refractivity contribution is 7.08. The van der Waals surface area contributed by atoms with Gasteiger partial charge in [0.25, 0.3) is 0 Å². The zero-order chi connectivity index (χ0) is 27.9. The van der Waals surface area contributed by atoms with Crippen molar-refractivity contribution in [1.29, 1.82) is 0 Å². The Morgan fingerprint density at radius 1 is 1.08 bits per heavy atom. The van der Waals surface area contributed by atoms with Crippen molar-refractivity contribution in [2.75, 3.05) is 43.1 Å². The Labute approximate surface area is 224 Å². The molecule has 1 fully saturated rings. The fourth-order valence-electron chi connectivity index (χ4n) is 4.85. The molecule has 1 saturated heterocycles. The quantitative estimate of drug-likeness (QED) is 0.388. The second-order valence-electron chi connectivity index (χ2n) is 9.04. The summed E-state index contributed by atoms with van der Waals surface area (Å²) in [6.45, 7) is 1.60. The van der Waals surface area contributed by atoms with Gasteiger partial charge in [-0.25, -0.2) is 9.38 Å². The number of piperazine rings is 1. The summed E-state index contributed by atoms with van der Waals surface area (Å²) < 4.78 is 74.8. The molecule has 0 saturated carbocycles. The lowest BCUT2D eigenvalue weighted by Gasteiger charge is -2.44. The molecule has 3 aromatic rings. The van der Waals surface area contributed by atoms with E-state index in [0.29, 0.717) is 26.2 Å². The first kappa shape index (κ1) is 26.7. The lowest BCUT2D eigenvalue weighted by Crippen LogP contribution is -2.55. The van der Waals surface area contributed by atoms with E-state index in [1.807, 2.05) is 4.90 Å². The average molecular weight is 567 g/mol. The van der Waals surface area contributed by atoms with E-state index in [0.717, 1.165) is 29.2 Å². The Morgan fingerprint density at radius 2 is 1.74 bits per heavy atom. The van der Waals surface area contributed by atoms with E-state index in [9.17, 15) is 31.9 Å². The number of guanidine groups is 1. The van der Waals surface area contributed by atoms with Gasteiger partial charge in [0.05, 0.1) is 30.8 Å². The first-order valence-corrected chi connectivity index (χ1v) is 12.8. The first-order chi connectivity index (χ1) is 18.6. The van der Waals surface area contributed by atoms with Crippen molar-refractivity contribution in [3.63, 3.8) is 0 Å². The Balaban J connectivity index is 1.59. The van der Waals surface area contributed by atoms with Crippen LogP contribution in [0.5, 0.6) is 5.75 Å². The number of ether oxygens (including phenoxy) is 1. The van der Waals surface area contributed by atoms with E-state index in [-0.39, 0.29) is 34.5 Å². The van der Waals surface area contributed by atoms with Gasteiger partial charge in [-0.2, -0.15) is 17.6 Å². The van der Waals surface area contributed by atoms with Crippen molar-refractivity contribution in [3.8, 4) is 5.75 Å². The highest BCUT2D eigenvalue weighted by Gasteiger charge is 2.41. The maximum absolute atomic E-state index is 14.8. The van der Waals surface area contributed by atoms with Crippen LogP contribution in [0.3, 0.4) is 0 Å². The molecule has 0 unspecified atom stereocenters. The Bertz CT molecular complexity index is 1400. The summed E-state index contributed by atoms with van der Waals surface area (Å²) in [7, 11) is 1.30. The number of halogens is 5. The highest BCUT2D eigenvalue weighted by atomic mass is 32.1. The fraction of sp³-hybridized carbons (Fsp3) is 0.308. The van der Waals surface area contributed by atoms with E-state index in [1.165, 1.54) is 35.6 Å². The number of anilines is 2. The number of nitrogens with zero attached hydrogens (tertiary/aromatic N) is 4. The molecule has 0 aliphatic carbocycles. The molecule has 7 nitrogen and oxygen atoms in total. The van der Waals surface area contributed by atoms with Crippen LogP contribution in [0.15, 0.2) is 52.8 Å². The van der Waals surface area contributed by atoms with Crippen LogP contribution in [0, 0.1) is 10.9 Å². The molecule has 1 aromatic heterocycles. The monoisotopic (exact) mass is 566 g/mol. The molecule has 2 aliphatic rings. The molecule has 2 aromatic carbocycles. The number of aliphatic carboxylic acids is 1. The van der Waals surface area contributed by atoms with Gasteiger partial charge >= 0.3 is 12.1 Å². The minimum Gasteiger partial charge on any atom is -0.495 e. The molecule has 206 valence electrons. The van der Waals surface area contributed by atoms with Crippen LogP contribution in [0.25, 0.3) is 0 Å². The lowest BCUT2D eigenvalue weighted by molar-refractivity contribution is -0.138. The zero-order valence-electron chi connectivity index (χ0n) is 20.6. The number of alkyl halides is 3. The third kappa shape index (κ3) is 5.22. The summed E-state index contributed by atoms with van der Waals surface area (Å²) in [5, 5.41) is 10.6. The SMILES string of the molecule is COc1ccc(C(F)(F)F)cc1N1C(N2CCN(c3ccc(F)cc3)CC2)=Nc2c(csc2F)[C@H]1CC(=O)O. The predicted molar refractivity (Wildman–Crippen MR) is 137 cm³/mol. The highest BCUT2D eigenvalue weighted by Crippen LogP contribution is 2.47. The lowest BCUT2D eigenvalue weighted by atomic mass is 10.00. The van der Waals surface area contributed by atoms with Gasteiger partial charge in [-0.15, -0.1) is 11.3 Å². The number of aliphatic imine (C=N–C) groups is 1. The zero-order valence-corrected chi connectivity index (χ0v) is 21.4. The van der Waals surface area contributed by atoms with Crippen molar-refractivity contribution in [1.82, 2.24) is 4.90 Å². The van der Waals surface area contributed by atoms with E-state index in [1.54, 1.807) is 17.0 Å². The van der Waals surface area contributed by atoms with Gasteiger partial charge < -0.3 is 24.5 Å². The molecule has 13 heteroatoms. The molecule has 3 heterocycles. The van der Waals surface area contributed by atoms with Gasteiger partial charge in [0.15, 0.2) is 0 Å². The van der Waals surface area contributed by atoms with E-state index in [2.05, 4.69) is 4.99 Å². The summed E-state index contributed by atoms with van der Waals surface area (Å²) in [5.41, 5.74) is 0.0659. The Kier molecular flexibility index (Phi) is 7.10. The summed E-state index contributed by atoms with van der Waals surface area (Å²) in [5.74, 6) is -1.37. The summed E-state index contributed by atoms with van der Waals surface area (Å²) in [6, 6.07) is 7.91. The number of carboxylic acids is 1. The first-order valence-electron chi connectivity index (χ1n) is 11.9. The second kappa shape index (κ2) is 10.4. The van der Waals surface area contributed by atoms with Crippen molar-refractivity contribution < 1.29 is 36.6 Å². The average Bonchev–Trinajstić information content (AvgIpc) is 3.28. The maximum Gasteiger partial charge on any atom is 0.416 e. The molecule has 39 heavy (non-hydrogen) atoms. The number of rotatable bonds is 5. The van der Waals surface area contributed by atoms with Gasteiger partial charge in [0, 0.05) is 42.8 Å². The number of carbonyl (C=O) groups is 1. The number of hydrogen-bond acceptors (Lipinski definition) is 7. The van der Waals surface area contributed by atoms with Crippen LogP contribution in [0.1, 0.15) is 23.6 Å². The standard InChI is InChI=1S/C26H23F5N4O3S/c1-38-21-7-2-15(26(29,30)31)12-20(21)35-19(13-22(36)37)18-14-39-24(28)23(18)32-25(35)34-10-8-33(9-11-34)17-5-3-16(27)4-6-17/h2-7,12,14,19H,8-11,13H2,1H3,(H,36,37)/t19-/m1/s1. The third-order valence-corrected chi connectivity index (χ3v) is 7.51. The van der Waals surface area contributed by atoms with Crippen LogP contribution >= 0.6 is 11.3 Å². The number of thiophene rings is 1. The largest absolute Gasteiger partial charge is 0.495 e. The number of fused-ring (bicyclic) bond motifs is 1. The van der Waals surface area contributed by atoms with E-state index < -0.39 is 35.3 Å². The smallest absolute Gasteiger partial charge is 0.416 e. The molecule has 0 bridgehead atoms. The van der Waals surface area contributed by atoms with E-state index >= 15 is 0 Å². The second-order valence-corrected chi connectivity index (χ2v) is 9.87. The molecular weight excluding hydrogens is 543 g/mol. The normalized spacial score (nSPS) is 17.6. The summed E-state index contributed by atoms with van der Waals surface area (Å²) in [4.78, 5) is 21.7. The van der Waals surface area contributed by atoms with Gasteiger partial charge in [-0.05, 0) is 42.5 Å². The maximum atomic E-state index is 14.8. The number of methoxy groups -OCH3 is 1. The molecular formula is C26H23F5N4O3S. The van der Waals surface area contributed by atoms with Gasteiger partial charge in [0.1, 0.15) is 17.3 Å². The van der Waals surface area contributed by atoms with Crippen molar-refractivity contribution >= 4 is 40.3 Å². The van der Waals surface area contributed by atoms with Crippen LogP contribution < -0.4 is 14.5 Å². The van der Waals surface area contributed by atoms with Crippen LogP contribution in [-0.4, -0.2) is 55.2 Å². The number of carboxylic acid groups (broad SMARTS) is 1. The topological polar surface area (TPSA) is 68.6 Å². The molecule has 0 radical (unpaired) electrons. The van der Waals surface area contributed by atoms with Gasteiger partial charge in [0.2, 0.25) is 11.1 Å². The van der Waals surface area contributed by atoms with Gasteiger partial charge in [-0.1, -0.05) is 0 Å². The van der Waals surface area contributed by atoms with Crippen LogP contribution in [0.2, 0.25) is 0 Å². The van der Waals surface area contributed by atoms with E-state index in [4.69, 9.17) is 4.74 Å². The molecule has 0 spiro atoms. The molecule has 0 amide bonds. The van der Waals surface area contributed by atoms with Crippen LogP contribution in [-0.2, 0) is 11.0 Å². The molecule has 5 rings (SSSR count). The predicted octanol–water partition coefficient (Wildman–Crippen LogP) is 5.90. The number of benzene rings is 2. The molecule has 1 atom stereocenters. The molecule has 2 aliphatic heterocycles. The van der Waals surface area contributed by atoms with Crippen molar-refractivity contribution in [3.05, 3.63) is 69.9 Å². The van der Waals surface area contributed by atoms with Crippen LogP contribution in [0.4, 0.5) is 39.0 Å². The minimum atomic E-state index is -4.67. The molecule has 1 N–H and O–H groups in total. The van der Waals surface area contributed by atoms with Gasteiger partial charge in [-0.3, -0.25) is 4.79 Å². The third-order valence-electron chi connectivity index (χ3n) is 6.73. The van der Waals surface area contributed by atoms with Crippen molar-refractivity contribution in [2.24, 2.45) is 4.99 Å². The van der Waals surface area contributed by atoms with Crippen molar-refractivity contribution in [2.45, 2.75) is 18.6 Å². The summed E-state index contributed by atoms with van der Waals surface area (Å²) in [6.07, 6.45) is -5.19. The fourth-order valence-corrected chi connectivity index (χ4v) is 5.63.